The lowest BCUT2D eigenvalue weighted by atomic mass is 10.1. The number of hydrogen-bond acceptors (Lipinski definition) is 6. The van der Waals surface area contributed by atoms with Gasteiger partial charge >= 0.3 is 0 Å². The number of carbonyl (C=O) groups excluding carboxylic acids is 2. The van der Waals surface area contributed by atoms with Crippen LogP contribution in [0.1, 0.15) is 44.2 Å². The van der Waals surface area contributed by atoms with E-state index >= 15 is 0 Å². The van der Waals surface area contributed by atoms with Gasteiger partial charge in [-0.2, -0.15) is 0 Å². The van der Waals surface area contributed by atoms with Crippen LogP contribution in [0.2, 0.25) is 0 Å². The van der Waals surface area contributed by atoms with Gasteiger partial charge in [-0.15, -0.1) is 0 Å². The molecule has 0 saturated heterocycles. The maximum Gasteiger partial charge on any atom is 0.244 e. The molecular weight excluding hydrogens is 482 g/mol. The number of nitrogens with zero attached hydrogens (tertiary/aromatic N) is 2. The van der Waals surface area contributed by atoms with Crippen molar-refractivity contribution in [1.82, 2.24) is 10.2 Å². The first-order valence-electron chi connectivity index (χ1n) is 12.1. The number of hydrogen-bond donors (Lipinski definition) is 1. The van der Waals surface area contributed by atoms with Crippen LogP contribution < -0.4 is 19.1 Å². The largest absolute Gasteiger partial charge is 0.454 e. The van der Waals surface area contributed by atoms with Crippen LogP contribution in [0, 0.1) is 6.92 Å². The van der Waals surface area contributed by atoms with Crippen molar-refractivity contribution in [3.63, 3.8) is 0 Å². The van der Waals surface area contributed by atoms with Gasteiger partial charge in [0.1, 0.15) is 12.6 Å². The van der Waals surface area contributed by atoms with E-state index < -0.39 is 28.5 Å². The molecule has 1 aliphatic heterocycles. The van der Waals surface area contributed by atoms with Gasteiger partial charge in [0.15, 0.2) is 11.5 Å². The van der Waals surface area contributed by atoms with E-state index in [1.807, 2.05) is 45.0 Å². The summed E-state index contributed by atoms with van der Waals surface area (Å²) in [6.45, 7) is 6.12. The number of nitrogens with one attached hydrogen (secondary N) is 1. The van der Waals surface area contributed by atoms with Crippen molar-refractivity contribution in [2.75, 3.05) is 30.4 Å². The van der Waals surface area contributed by atoms with Crippen molar-refractivity contribution >= 4 is 27.5 Å². The fourth-order valence-corrected chi connectivity index (χ4v) is 4.93. The van der Waals surface area contributed by atoms with Crippen molar-refractivity contribution < 1.29 is 27.5 Å². The number of fused-ring (bicyclic) bond motifs is 1. The Morgan fingerprint density at radius 3 is 2.50 bits per heavy atom. The van der Waals surface area contributed by atoms with E-state index in [4.69, 9.17) is 9.47 Å². The number of rotatable bonds is 12. The molecule has 1 aliphatic rings. The predicted octanol–water partition coefficient (Wildman–Crippen LogP) is 3.21. The van der Waals surface area contributed by atoms with Crippen molar-refractivity contribution in [1.29, 1.82) is 0 Å². The lowest BCUT2D eigenvalue weighted by Crippen LogP contribution is -2.52. The van der Waals surface area contributed by atoms with Gasteiger partial charge in [-0.3, -0.25) is 13.9 Å². The Bertz CT molecular complexity index is 1180. The zero-order valence-electron chi connectivity index (χ0n) is 21.3. The molecule has 0 saturated carbocycles. The van der Waals surface area contributed by atoms with E-state index in [1.165, 1.54) is 11.0 Å². The lowest BCUT2D eigenvalue weighted by molar-refractivity contribution is -0.140. The predicted molar refractivity (Wildman–Crippen MR) is 138 cm³/mol. The second kappa shape index (κ2) is 12.1. The van der Waals surface area contributed by atoms with Gasteiger partial charge in [-0.25, -0.2) is 8.42 Å². The third-order valence-electron chi connectivity index (χ3n) is 5.97. The van der Waals surface area contributed by atoms with Gasteiger partial charge in [-0.05, 0) is 37.5 Å². The zero-order chi connectivity index (χ0) is 26.3. The van der Waals surface area contributed by atoms with Gasteiger partial charge in [0.05, 0.1) is 11.9 Å². The minimum Gasteiger partial charge on any atom is -0.454 e. The second-order valence-electron chi connectivity index (χ2n) is 8.89. The first kappa shape index (κ1) is 27.3. The Labute approximate surface area is 213 Å². The van der Waals surface area contributed by atoms with Crippen LogP contribution in [0.4, 0.5) is 5.69 Å². The minimum atomic E-state index is -3.82. The SMILES string of the molecule is CCCCNC(=O)C(CC)N(Cc1cccc(C)c1)C(=O)CN(c1ccc2c(c1)OCO2)S(C)(=O)=O. The Kier molecular flexibility index (Phi) is 9.19. The van der Waals surface area contributed by atoms with E-state index in [1.54, 1.807) is 12.1 Å². The molecule has 2 amide bonds. The molecule has 0 fully saturated rings. The highest BCUT2D eigenvalue weighted by Crippen LogP contribution is 2.36. The summed E-state index contributed by atoms with van der Waals surface area (Å²) in [4.78, 5) is 28.3. The number of benzene rings is 2. The normalized spacial score (nSPS) is 13.2. The van der Waals surface area contributed by atoms with E-state index in [0.717, 1.165) is 34.5 Å². The molecule has 1 N–H and O–H groups in total. The first-order valence-corrected chi connectivity index (χ1v) is 14.0. The van der Waals surface area contributed by atoms with Crippen LogP contribution in [-0.2, 0) is 26.2 Å². The third kappa shape index (κ3) is 6.90. The number of aryl methyl sites for hydroxylation is 1. The molecular formula is C26H35N3O6S. The monoisotopic (exact) mass is 517 g/mol. The fraction of sp³-hybridized carbons (Fsp3) is 0.462. The number of amides is 2. The molecule has 3 rings (SSSR count). The van der Waals surface area contributed by atoms with Crippen LogP contribution in [0.15, 0.2) is 42.5 Å². The van der Waals surface area contributed by atoms with E-state index in [9.17, 15) is 18.0 Å². The topological polar surface area (TPSA) is 105 Å². The fourth-order valence-electron chi connectivity index (χ4n) is 4.09. The Hall–Kier alpha value is -3.27. The molecule has 1 heterocycles. The zero-order valence-corrected chi connectivity index (χ0v) is 22.1. The third-order valence-corrected chi connectivity index (χ3v) is 7.11. The van der Waals surface area contributed by atoms with Gasteiger partial charge < -0.3 is 19.7 Å². The molecule has 10 heteroatoms. The molecule has 0 spiro atoms. The summed E-state index contributed by atoms with van der Waals surface area (Å²) in [6, 6.07) is 11.7. The average Bonchev–Trinajstić information content (AvgIpc) is 3.29. The number of ether oxygens (including phenoxy) is 2. The summed E-state index contributed by atoms with van der Waals surface area (Å²) >= 11 is 0. The van der Waals surface area contributed by atoms with Crippen molar-refractivity contribution in [2.45, 2.75) is 52.6 Å². The van der Waals surface area contributed by atoms with Crippen LogP contribution in [0.25, 0.3) is 0 Å². The summed E-state index contributed by atoms with van der Waals surface area (Å²) in [5, 5.41) is 2.92. The van der Waals surface area contributed by atoms with Crippen molar-refractivity contribution in [3.05, 3.63) is 53.6 Å². The number of carbonyl (C=O) groups is 2. The molecule has 9 nitrogen and oxygen atoms in total. The highest BCUT2D eigenvalue weighted by molar-refractivity contribution is 7.92. The summed E-state index contributed by atoms with van der Waals surface area (Å²) in [7, 11) is -3.82. The Morgan fingerprint density at radius 2 is 1.83 bits per heavy atom. The van der Waals surface area contributed by atoms with Crippen LogP contribution in [0.3, 0.4) is 0 Å². The standard InChI is InChI=1S/C26H35N3O6S/c1-5-7-13-27-26(31)22(6-2)28(16-20-10-8-9-19(3)14-20)25(30)17-29(36(4,32)33)21-11-12-23-24(15-21)35-18-34-23/h8-12,14-15,22H,5-7,13,16-18H2,1-4H3,(H,27,31). The van der Waals surface area contributed by atoms with Gasteiger partial charge in [0.25, 0.3) is 0 Å². The van der Waals surface area contributed by atoms with E-state index in [-0.39, 0.29) is 24.9 Å². The van der Waals surface area contributed by atoms with Gasteiger partial charge in [0, 0.05) is 19.2 Å². The van der Waals surface area contributed by atoms with E-state index in [2.05, 4.69) is 5.32 Å². The summed E-state index contributed by atoms with van der Waals surface area (Å²) in [6.07, 6.45) is 3.20. The summed E-state index contributed by atoms with van der Waals surface area (Å²) in [5.74, 6) is 0.194. The van der Waals surface area contributed by atoms with Crippen LogP contribution in [-0.4, -0.2) is 57.3 Å². The van der Waals surface area contributed by atoms with Crippen LogP contribution >= 0.6 is 0 Å². The molecule has 0 aromatic heterocycles. The number of unbranched alkanes of at least 4 members (excludes halogenated alkanes) is 1. The molecule has 0 bridgehead atoms. The molecule has 2 aromatic carbocycles. The molecule has 196 valence electrons. The van der Waals surface area contributed by atoms with E-state index in [0.29, 0.717) is 24.5 Å². The Morgan fingerprint density at radius 1 is 1.08 bits per heavy atom. The molecule has 36 heavy (non-hydrogen) atoms. The Balaban J connectivity index is 1.92. The first-order chi connectivity index (χ1) is 17.1. The lowest BCUT2D eigenvalue weighted by Gasteiger charge is -2.33. The molecule has 1 atom stereocenters. The number of sulfonamides is 1. The highest BCUT2D eigenvalue weighted by Gasteiger charge is 2.32. The highest BCUT2D eigenvalue weighted by atomic mass is 32.2. The van der Waals surface area contributed by atoms with Gasteiger partial charge in [0.2, 0.25) is 28.6 Å². The smallest absolute Gasteiger partial charge is 0.244 e. The minimum absolute atomic E-state index is 0.0478. The summed E-state index contributed by atoms with van der Waals surface area (Å²) < 4.78 is 37.2. The van der Waals surface area contributed by atoms with Gasteiger partial charge in [-0.1, -0.05) is 50.1 Å². The molecule has 2 aromatic rings. The maximum absolute atomic E-state index is 13.7. The second-order valence-corrected chi connectivity index (χ2v) is 10.8. The average molecular weight is 518 g/mol. The quantitative estimate of drug-likeness (QED) is 0.434. The molecule has 0 radical (unpaired) electrons. The molecule has 1 unspecified atom stereocenters. The van der Waals surface area contributed by atoms with Crippen molar-refractivity contribution in [3.8, 4) is 11.5 Å². The van der Waals surface area contributed by atoms with Crippen LogP contribution in [0.5, 0.6) is 11.5 Å². The van der Waals surface area contributed by atoms with Crippen molar-refractivity contribution in [2.24, 2.45) is 0 Å². The molecule has 0 aliphatic carbocycles. The number of anilines is 1. The summed E-state index contributed by atoms with van der Waals surface area (Å²) in [5.41, 5.74) is 2.17. The maximum atomic E-state index is 13.7.